The van der Waals surface area contributed by atoms with Gasteiger partial charge in [0, 0.05) is 19.1 Å². The van der Waals surface area contributed by atoms with Gasteiger partial charge in [0.25, 0.3) is 0 Å². The summed E-state index contributed by atoms with van der Waals surface area (Å²) in [5.41, 5.74) is 7.51. The van der Waals surface area contributed by atoms with Crippen molar-refractivity contribution in [2.45, 2.75) is 24.9 Å². The Morgan fingerprint density at radius 1 is 1.33 bits per heavy atom. The summed E-state index contributed by atoms with van der Waals surface area (Å²) >= 11 is 6.06. The minimum absolute atomic E-state index is 0.369. The molecule has 0 spiro atoms. The second kappa shape index (κ2) is 6.10. The zero-order chi connectivity index (χ0) is 14.8. The summed E-state index contributed by atoms with van der Waals surface area (Å²) in [5.74, 6) is 0. The van der Waals surface area contributed by atoms with Crippen LogP contribution in [-0.2, 0) is 4.74 Å². The van der Waals surface area contributed by atoms with Crippen LogP contribution in [0.4, 0.5) is 11.4 Å². The molecule has 2 heterocycles. The van der Waals surface area contributed by atoms with Gasteiger partial charge in [0.15, 0.2) is 0 Å². The molecule has 112 valence electrons. The summed E-state index contributed by atoms with van der Waals surface area (Å²) in [5, 5.41) is 13.1. The maximum absolute atomic E-state index is 9.21. The molecule has 0 unspecified atom stereocenters. The molecule has 5 nitrogen and oxygen atoms in total. The van der Waals surface area contributed by atoms with Crippen LogP contribution >= 0.6 is 11.6 Å². The van der Waals surface area contributed by atoms with Gasteiger partial charge in [0.2, 0.25) is 0 Å². The van der Waals surface area contributed by atoms with Gasteiger partial charge in [0.1, 0.15) is 6.07 Å². The van der Waals surface area contributed by atoms with Crippen LogP contribution in [0.5, 0.6) is 0 Å². The Hall–Kier alpha value is -1.48. The second-order valence-corrected chi connectivity index (χ2v) is 6.08. The third-order valence-corrected chi connectivity index (χ3v) is 4.61. The topological polar surface area (TPSA) is 74.3 Å². The maximum atomic E-state index is 9.21. The first-order valence-electron chi connectivity index (χ1n) is 7.25. The lowest BCUT2D eigenvalue weighted by atomic mass is 10.0. The van der Waals surface area contributed by atoms with Gasteiger partial charge in [-0.25, -0.2) is 0 Å². The smallest absolute Gasteiger partial charge is 0.101 e. The van der Waals surface area contributed by atoms with Crippen LogP contribution in [0.3, 0.4) is 0 Å². The summed E-state index contributed by atoms with van der Waals surface area (Å²) in [6.07, 6.45) is 2.12. The van der Waals surface area contributed by atoms with Gasteiger partial charge in [-0.3, -0.25) is 4.90 Å². The van der Waals surface area contributed by atoms with Crippen molar-refractivity contribution in [3.63, 3.8) is 0 Å². The van der Waals surface area contributed by atoms with Crippen LogP contribution < -0.4 is 11.1 Å². The van der Waals surface area contributed by atoms with Crippen LogP contribution in [0.2, 0.25) is 5.02 Å². The zero-order valence-electron chi connectivity index (χ0n) is 11.8. The lowest BCUT2D eigenvalue weighted by molar-refractivity contribution is -0.0705. The number of benzene rings is 1. The number of piperidine rings is 1. The molecule has 2 aliphatic heterocycles. The molecule has 1 aromatic carbocycles. The number of hydrogen-bond acceptors (Lipinski definition) is 5. The normalized spacial score (nSPS) is 20.8. The number of rotatable bonds is 3. The molecule has 2 aliphatic rings. The molecule has 0 bridgehead atoms. The van der Waals surface area contributed by atoms with Gasteiger partial charge in [-0.2, -0.15) is 5.26 Å². The highest BCUT2D eigenvalue weighted by Crippen LogP contribution is 2.29. The molecular formula is C15H19ClN4O. The van der Waals surface area contributed by atoms with E-state index in [1.54, 1.807) is 12.1 Å². The van der Waals surface area contributed by atoms with Crippen molar-refractivity contribution in [1.82, 2.24) is 4.90 Å². The molecule has 3 N–H and O–H groups in total. The van der Waals surface area contributed by atoms with Crippen LogP contribution in [0.25, 0.3) is 0 Å². The molecular weight excluding hydrogens is 288 g/mol. The number of nitrogen functional groups attached to an aromatic ring is 1. The van der Waals surface area contributed by atoms with E-state index in [0.29, 0.717) is 28.4 Å². The van der Waals surface area contributed by atoms with Gasteiger partial charge in [-0.1, -0.05) is 11.6 Å². The Morgan fingerprint density at radius 2 is 2.05 bits per heavy atom. The average Bonchev–Trinajstić information content (AvgIpc) is 2.43. The van der Waals surface area contributed by atoms with E-state index < -0.39 is 0 Å². The number of anilines is 2. The van der Waals surface area contributed by atoms with E-state index in [4.69, 9.17) is 22.1 Å². The predicted molar refractivity (Wildman–Crippen MR) is 83.4 cm³/mol. The Bertz CT molecular complexity index is 560. The van der Waals surface area contributed by atoms with E-state index in [2.05, 4.69) is 16.3 Å². The molecule has 6 heteroatoms. The van der Waals surface area contributed by atoms with Crippen molar-refractivity contribution in [2.24, 2.45) is 0 Å². The van der Waals surface area contributed by atoms with Crippen molar-refractivity contribution >= 4 is 23.0 Å². The molecule has 0 radical (unpaired) electrons. The van der Waals surface area contributed by atoms with Crippen molar-refractivity contribution in [3.8, 4) is 6.07 Å². The minimum Gasteiger partial charge on any atom is -0.397 e. The number of likely N-dealkylation sites (tertiary alicyclic amines) is 1. The lowest BCUT2D eigenvalue weighted by Gasteiger charge is -2.41. The highest BCUT2D eigenvalue weighted by atomic mass is 35.5. The monoisotopic (exact) mass is 306 g/mol. The first-order chi connectivity index (χ1) is 10.2. The molecule has 0 atom stereocenters. The highest BCUT2D eigenvalue weighted by molar-refractivity contribution is 6.33. The SMILES string of the molecule is N#Cc1cc(N)c(Cl)cc1NC1CCN(C2COC2)CC1. The summed E-state index contributed by atoms with van der Waals surface area (Å²) in [6, 6.07) is 6.53. The first-order valence-corrected chi connectivity index (χ1v) is 7.62. The van der Waals surface area contributed by atoms with Crippen LogP contribution in [0.15, 0.2) is 12.1 Å². The maximum Gasteiger partial charge on any atom is 0.101 e. The Kier molecular flexibility index (Phi) is 4.20. The third-order valence-electron chi connectivity index (χ3n) is 4.28. The number of nitriles is 1. The third kappa shape index (κ3) is 3.08. The molecule has 1 aromatic rings. The van der Waals surface area contributed by atoms with E-state index in [1.165, 1.54) is 0 Å². The Morgan fingerprint density at radius 3 is 2.62 bits per heavy atom. The van der Waals surface area contributed by atoms with E-state index in [0.717, 1.165) is 44.8 Å². The van der Waals surface area contributed by atoms with E-state index in [-0.39, 0.29) is 0 Å². The Balaban J connectivity index is 1.62. The fourth-order valence-electron chi connectivity index (χ4n) is 2.86. The van der Waals surface area contributed by atoms with Crippen molar-refractivity contribution in [1.29, 1.82) is 5.26 Å². The lowest BCUT2D eigenvalue weighted by Crippen LogP contribution is -2.53. The van der Waals surface area contributed by atoms with Gasteiger partial charge in [0.05, 0.1) is 41.2 Å². The number of hydrogen-bond donors (Lipinski definition) is 2. The summed E-state index contributed by atoms with van der Waals surface area (Å²) in [6.45, 7) is 3.86. The van der Waals surface area contributed by atoms with E-state index >= 15 is 0 Å². The van der Waals surface area contributed by atoms with Gasteiger partial charge >= 0.3 is 0 Å². The van der Waals surface area contributed by atoms with Crippen LogP contribution in [0.1, 0.15) is 18.4 Å². The van der Waals surface area contributed by atoms with Crippen molar-refractivity contribution < 1.29 is 4.74 Å². The number of halogens is 1. The standard InChI is InChI=1S/C15H19ClN4O/c16-13-6-15(10(7-17)5-14(13)18)19-11-1-3-20(4-2-11)12-8-21-9-12/h5-6,11-12,19H,1-4,8-9,18H2. The molecule has 21 heavy (non-hydrogen) atoms. The zero-order valence-corrected chi connectivity index (χ0v) is 12.6. The van der Waals surface area contributed by atoms with Crippen molar-refractivity contribution in [2.75, 3.05) is 37.4 Å². The fourth-order valence-corrected chi connectivity index (χ4v) is 3.03. The molecule has 0 amide bonds. The van der Waals surface area contributed by atoms with Crippen molar-refractivity contribution in [3.05, 3.63) is 22.7 Å². The summed E-state index contributed by atoms with van der Waals surface area (Å²) < 4.78 is 5.25. The fraction of sp³-hybridized carbons (Fsp3) is 0.533. The van der Waals surface area contributed by atoms with Gasteiger partial charge < -0.3 is 15.8 Å². The molecule has 0 saturated carbocycles. The largest absolute Gasteiger partial charge is 0.397 e. The van der Waals surface area contributed by atoms with Gasteiger partial charge in [-0.15, -0.1) is 0 Å². The Labute approximate surface area is 129 Å². The number of ether oxygens (including phenoxy) is 1. The molecule has 0 aromatic heterocycles. The minimum atomic E-state index is 0.369. The number of nitrogens with two attached hydrogens (primary N) is 1. The molecule has 2 fully saturated rings. The summed E-state index contributed by atoms with van der Waals surface area (Å²) in [7, 11) is 0. The molecule has 0 aliphatic carbocycles. The number of nitrogens with one attached hydrogen (secondary N) is 1. The highest BCUT2D eigenvalue weighted by Gasteiger charge is 2.29. The van der Waals surface area contributed by atoms with Gasteiger partial charge in [-0.05, 0) is 25.0 Å². The molecule has 2 saturated heterocycles. The predicted octanol–water partition coefficient (Wildman–Crippen LogP) is 2.07. The average molecular weight is 307 g/mol. The quantitative estimate of drug-likeness (QED) is 0.836. The van der Waals surface area contributed by atoms with Crippen LogP contribution in [0, 0.1) is 11.3 Å². The molecule has 3 rings (SSSR count). The summed E-state index contributed by atoms with van der Waals surface area (Å²) in [4.78, 5) is 2.49. The second-order valence-electron chi connectivity index (χ2n) is 5.68. The van der Waals surface area contributed by atoms with E-state index in [9.17, 15) is 5.26 Å². The van der Waals surface area contributed by atoms with Crippen LogP contribution in [-0.4, -0.2) is 43.3 Å². The first kappa shape index (κ1) is 14.5. The van der Waals surface area contributed by atoms with E-state index in [1.807, 2.05) is 0 Å². The number of nitrogens with zero attached hydrogens (tertiary/aromatic N) is 2.